The first-order chi connectivity index (χ1) is 7.12. The van der Waals surface area contributed by atoms with Crippen molar-refractivity contribution in [3.63, 3.8) is 0 Å². The highest BCUT2D eigenvalue weighted by atomic mass is 28.5. The molecule has 4 radical (unpaired) electrons. The van der Waals surface area contributed by atoms with Crippen molar-refractivity contribution in [1.29, 1.82) is 0 Å². The summed E-state index contributed by atoms with van der Waals surface area (Å²) in [6.45, 7) is 12.1. The SMILES string of the molecule is C[Si]1(C)O[Si]O[Si]O[Si](C)(C)O[Si](C)(C)O1. The molecule has 92 valence electrons. The predicted octanol–water partition coefficient (Wildman–Crippen LogP) is 1.26. The molecule has 0 amide bonds. The Hall–Kier alpha value is 0.884. The van der Waals surface area contributed by atoms with Crippen LogP contribution in [0.4, 0.5) is 0 Å². The minimum Gasteiger partial charge on any atom is -0.416 e. The second kappa shape index (κ2) is 5.25. The fraction of sp³-hybridized carbons (Fsp3) is 1.00. The largest absolute Gasteiger partial charge is 0.416 e. The Bertz CT molecular complexity index is 223. The average molecular weight is 311 g/mol. The smallest absolute Gasteiger partial charge is 0.412 e. The Morgan fingerprint density at radius 2 is 1.00 bits per heavy atom. The molecular weight excluding hydrogens is 292 g/mol. The van der Waals surface area contributed by atoms with Crippen molar-refractivity contribution in [3.8, 4) is 0 Å². The quantitative estimate of drug-likeness (QED) is 0.630. The minimum atomic E-state index is -2.17. The van der Waals surface area contributed by atoms with Crippen LogP contribution in [0.3, 0.4) is 0 Å². The molecule has 1 rings (SSSR count). The van der Waals surface area contributed by atoms with Gasteiger partial charge in [0, 0.05) is 0 Å². The first-order valence-electron chi connectivity index (χ1n) is 5.04. The maximum absolute atomic E-state index is 6.06. The molecule has 10 heteroatoms. The molecule has 0 aromatic carbocycles. The molecule has 0 atom stereocenters. The van der Waals surface area contributed by atoms with Gasteiger partial charge in [0.15, 0.2) is 0 Å². The summed E-state index contributed by atoms with van der Waals surface area (Å²) in [7, 11) is -6.43. The van der Waals surface area contributed by atoms with Gasteiger partial charge in [-0.05, 0) is 39.3 Å². The Balaban J connectivity index is 2.76. The van der Waals surface area contributed by atoms with Crippen molar-refractivity contribution in [2.75, 3.05) is 0 Å². The Morgan fingerprint density at radius 3 is 1.38 bits per heavy atom. The van der Waals surface area contributed by atoms with E-state index in [1.165, 1.54) is 0 Å². The Labute approximate surface area is 106 Å². The van der Waals surface area contributed by atoms with Crippen molar-refractivity contribution in [1.82, 2.24) is 0 Å². The molecule has 0 unspecified atom stereocenters. The van der Waals surface area contributed by atoms with Gasteiger partial charge in [0.1, 0.15) is 0 Å². The van der Waals surface area contributed by atoms with Gasteiger partial charge < -0.3 is 20.6 Å². The summed E-state index contributed by atoms with van der Waals surface area (Å²) in [5.74, 6) is 0. The van der Waals surface area contributed by atoms with E-state index >= 15 is 0 Å². The molecule has 0 aromatic rings. The monoisotopic (exact) mass is 310 g/mol. The van der Waals surface area contributed by atoms with E-state index in [-0.39, 0.29) is 20.0 Å². The molecule has 1 saturated heterocycles. The third-order valence-corrected chi connectivity index (χ3v) is 14.8. The van der Waals surface area contributed by atoms with Crippen LogP contribution in [0.2, 0.25) is 39.3 Å². The van der Waals surface area contributed by atoms with Crippen LogP contribution in [0.25, 0.3) is 0 Å². The fourth-order valence-electron chi connectivity index (χ4n) is 1.51. The Kier molecular flexibility index (Phi) is 4.91. The molecule has 0 aromatic heterocycles. The molecule has 1 fully saturated rings. The second-order valence-electron chi connectivity index (χ2n) is 4.88. The molecule has 1 aliphatic rings. The van der Waals surface area contributed by atoms with Gasteiger partial charge in [-0.2, -0.15) is 0 Å². The number of hydrogen-bond acceptors (Lipinski definition) is 5. The van der Waals surface area contributed by atoms with E-state index in [0.717, 1.165) is 0 Å². The average Bonchev–Trinajstić information content (AvgIpc) is 1.96. The van der Waals surface area contributed by atoms with Crippen LogP contribution in [-0.4, -0.2) is 45.7 Å². The molecule has 0 aliphatic carbocycles. The highest BCUT2D eigenvalue weighted by Gasteiger charge is 2.42. The molecule has 0 saturated carbocycles. The maximum atomic E-state index is 6.06. The summed E-state index contributed by atoms with van der Waals surface area (Å²) >= 11 is 0. The van der Waals surface area contributed by atoms with Gasteiger partial charge in [-0.15, -0.1) is 0 Å². The van der Waals surface area contributed by atoms with E-state index in [9.17, 15) is 0 Å². The van der Waals surface area contributed by atoms with Gasteiger partial charge in [0.2, 0.25) is 0 Å². The normalized spacial score (nSPS) is 29.6. The van der Waals surface area contributed by atoms with Gasteiger partial charge in [0.05, 0.1) is 0 Å². The molecular formula is C6H18O5Si5. The highest BCUT2D eigenvalue weighted by molar-refractivity contribution is 6.86. The van der Waals surface area contributed by atoms with Crippen LogP contribution in [0, 0.1) is 0 Å². The summed E-state index contributed by atoms with van der Waals surface area (Å²) in [5.41, 5.74) is 0. The summed E-state index contributed by atoms with van der Waals surface area (Å²) in [6.07, 6.45) is 0. The summed E-state index contributed by atoms with van der Waals surface area (Å²) < 4.78 is 28.7. The van der Waals surface area contributed by atoms with Gasteiger partial charge in [0.25, 0.3) is 0 Å². The van der Waals surface area contributed by atoms with Gasteiger partial charge in [-0.1, -0.05) is 0 Å². The van der Waals surface area contributed by atoms with Crippen molar-refractivity contribution in [2.24, 2.45) is 0 Å². The van der Waals surface area contributed by atoms with Crippen LogP contribution in [0.1, 0.15) is 0 Å². The first-order valence-corrected chi connectivity index (χ1v) is 15.1. The van der Waals surface area contributed by atoms with Crippen molar-refractivity contribution in [3.05, 3.63) is 0 Å². The zero-order chi connectivity index (χ0) is 12.4. The lowest BCUT2D eigenvalue weighted by atomic mass is 11.9. The van der Waals surface area contributed by atoms with Crippen LogP contribution in [0.15, 0.2) is 0 Å². The second-order valence-corrected chi connectivity index (χ2v) is 17.7. The summed E-state index contributed by atoms with van der Waals surface area (Å²) in [6, 6.07) is 0. The maximum Gasteiger partial charge on any atom is 0.412 e. The number of hydrogen-bond donors (Lipinski definition) is 0. The molecule has 5 nitrogen and oxygen atoms in total. The summed E-state index contributed by atoms with van der Waals surface area (Å²) in [5, 5.41) is 0. The van der Waals surface area contributed by atoms with E-state index < -0.39 is 25.7 Å². The van der Waals surface area contributed by atoms with Crippen molar-refractivity contribution >= 4 is 45.7 Å². The van der Waals surface area contributed by atoms with Crippen LogP contribution < -0.4 is 0 Å². The van der Waals surface area contributed by atoms with Crippen LogP contribution >= 0.6 is 0 Å². The molecule has 0 spiro atoms. The molecule has 16 heavy (non-hydrogen) atoms. The third kappa shape index (κ3) is 5.48. The van der Waals surface area contributed by atoms with E-state index in [0.29, 0.717) is 0 Å². The first kappa shape index (κ1) is 14.9. The van der Waals surface area contributed by atoms with E-state index in [1.807, 2.05) is 39.3 Å². The molecule has 1 aliphatic heterocycles. The van der Waals surface area contributed by atoms with Crippen LogP contribution in [0.5, 0.6) is 0 Å². The summed E-state index contributed by atoms with van der Waals surface area (Å²) in [4.78, 5) is 0. The lowest BCUT2D eigenvalue weighted by Crippen LogP contribution is -2.56. The van der Waals surface area contributed by atoms with Crippen LogP contribution in [-0.2, 0) is 20.6 Å². The van der Waals surface area contributed by atoms with Gasteiger partial charge >= 0.3 is 45.7 Å². The lowest BCUT2D eigenvalue weighted by Gasteiger charge is -2.38. The van der Waals surface area contributed by atoms with Crippen molar-refractivity contribution < 1.29 is 20.6 Å². The standard InChI is InChI=1S/C6H18O5Si5/c1-14(2)8-12-7-13-9-15(3,4)11-16(5,6)10-14/h1-6H3. The lowest BCUT2D eigenvalue weighted by molar-refractivity contribution is 0.274. The molecule has 0 N–H and O–H groups in total. The van der Waals surface area contributed by atoms with Crippen molar-refractivity contribution in [2.45, 2.75) is 39.3 Å². The highest BCUT2D eigenvalue weighted by Crippen LogP contribution is 2.22. The predicted molar refractivity (Wildman–Crippen MR) is 69.4 cm³/mol. The van der Waals surface area contributed by atoms with Gasteiger partial charge in [-0.3, -0.25) is 0 Å². The molecule has 0 bridgehead atoms. The van der Waals surface area contributed by atoms with Gasteiger partial charge in [-0.25, -0.2) is 0 Å². The Morgan fingerprint density at radius 1 is 0.625 bits per heavy atom. The zero-order valence-corrected chi connectivity index (χ0v) is 15.5. The topological polar surface area (TPSA) is 46.2 Å². The van der Waals surface area contributed by atoms with E-state index in [1.54, 1.807) is 0 Å². The van der Waals surface area contributed by atoms with E-state index in [2.05, 4.69) is 0 Å². The fourth-order valence-corrected chi connectivity index (χ4v) is 15.4. The zero-order valence-electron chi connectivity index (χ0n) is 10.5. The number of rotatable bonds is 0. The third-order valence-electron chi connectivity index (χ3n) is 1.64. The molecule has 1 heterocycles. The van der Waals surface area contributed by atoms with E-state index in [4.69, 9.17) is 20.6 Å². The minimum absolute atomic E-state index is 0.000772.